The van der Waals surface area contributed by atoms with Gasteiger partial charge in [0, 0.05) is 24.7 Å². The smallest absolute Gasteiger partial charge is 0.269 e. The van der Waals surface area contributed by atoms with Gasteiger partial charge in [0.1, 0.15) is 0 Å². The molecular formula is C16H20N2O4. The fourth-order valence-corrected chi connectivity index (χ4v) is 3.18. The van der Waals surface area contributed by atoms with Crippen LogP contribution in [0.25, 0.3) is 0 Å². The van der Waals surface area contributed by atoms with Crippen molar-refractivity contribution in [3.05, 3.63) is 39.9 Å². The van der Waals surface area contributed by atoms with Crippen molar-refractivity contribution in [1.82, 2.24) is 4.90 Å². The van der Waals surface area contributed by atoms with Crippen molar-refractivity contribution in [2.24, 2.45) is 5.92 Å². The number of benzene rings is 1. The summed E-state index contributed by atoms with van der Waals surface area (Å²) in [6.07, 6.45) is 3.71. The summed E-state index contributed by atoms with van der Waals surface area (Å²) in [4.78, 5) is 24.9. The summed E-state index contributed by atoms with van der Waals surface area (Å²) in [6.45, 7) is 0.383. The average molecular weight is 304 g/mol. The molecule has 2 aliphatic rings. The molecule has 0 heterocycles. The highest BCUT2D eigenvalue weighted by atomic mass is 16.6. The van der Waals surface area contributed by atoms with E-state index in [4.69, 9.17) is 0 Å². The molecule has 1 aromatic carbocycles. The lowest BCUT2D eigenvalue weighted by Crippen LogP contribution is -2.40. The van der Waals surface area contributed by atoms with Crippen LogP contribution in [0.4, 0.5) is 5.69 Å². The second-order valence-electron chi connectivity index (χ2n) is 6.23. The number of aliphatic hydroxyl groups excluding tert-OH is 1. The van der Waals surface area contributed by atoms with Crippen LogP contribution in [0.3, 0.4) is 0 Å². The van der Waals surface area contributed by atoms with Crippen molar-refractivity contribution in [2.45, 2.75) is 50.8 Å². The van der Waals surface area contributed by atoms with E-state index in [1.54, 1.807) is 17.0 Å². The van der Waals surface area contributed by atoms with Crippen molar-refractivity contribution >= 4 is 11.6 Å². The Morgan fingerprint density at radius 1 is 1.32 bits per heavy atom. The van der Waals surface area contributed by atoms with Gasteiger partial charge in [0.15, 0.2) is 0 Å². The molecule has 2 unspecified atom stereocenters. The molecule has 2 fully saturated rings. The van der Waals surface area contributed by atoms with E-state index in [9.17, 15) is 20.0 Å². The lowest BCUT2D eigenvalue weighted by atomic mass is 10.0. The average Bonchev–Trinajstić information content (AvgIpc) is 3.25. The molecule has 1 N–H and O–H groups in total. The summed E-state index contributed by atoms with van der Waals surface area (Å²) in [5.74, 6) is -0.307. The molecule has 2 atom stereocenters. The minimum absolute atomic E-state index is 0.000920. The largest absolute Gasteiger partial charge is 0.392 e. The van der Waals surface area contributed by atoms with Crippen molar-refractivity contribution in [2.75, 3.05) is 0 Å². The van der Waals surface area contributed by atoms with E-state index in [2.05, 4.69) is 0 Å². The van der Waals surface area contributed by atoms with Crippen molar-refractivity contribution in [3.8, 4) is 0 Å². The normalized spacial score (nSPS) is 24.2. The van der Waals surface area contributed by atoms with Gasteiger partial charge in [-0.2, -0.15) is 0 Å². The number of non-ortho nitro benzene ring substituents is 1. The number of hydrogen-bond donors (Lipinski definition) is 1. The first-order chi connectivity index (χ1) is 10.6. The third-order valence-corrected chi connectivity index (χ3v) is 4.54. The first kappa shape index (κ1) is 15.0. The maximum absolute atomic E-state index is 12.7. The van der Waals surface area contributed by atoms with Gasteiger partial charge in [-0.1, -0.05) is 12.1 Å². The number of nitro groups is 1. The molecule has 0 saturated heterocycles. The highest BCUT2D eigenvalue weighted by molar-refractivity contribution is 5.80. The van der Waals surface area contributed by atoms with Gasteiger partial charge in [0.25, 0.3) is 5.69 Å². The number of nitrogens with zero attached hydrogens (tertiary/aromatic N) is 2. The van der Waals surface area contributed by atoms with E-state index in [-0.39, 0.29) is 23.6 Å². The lowest BCUT2D eigenvalue weighted by Gasteiger charge is -2.27. The summed E-state index contributed by atoms with van der Waals surface area (Å²) < 4.78 is 0. The molecule has 0 spiro atoms. The van der Waals surface area contributed by atoms with Crippen LogP contribution in [0.5, 0.6) is 0 Å². The minimum Gasteiger partial charge on any atom is -0.392 e. The molecular weight excluding hydrogens is 284 g/mol. The molecule has 118 valence electrons. The Labute approximate surface area is 128 Å². The van der Waals surface area contributed by atoms with Gasteiger partial charge in [-0.05, 0) is 37.7 Å². The molecule has 6 nitrogen and oxygen atoms in total. The van der Waals surface area contributed by atoms with E-state index in [0.717, 1.165) is 31.2 Å². The van der Waals surface area contributed by atoms with E-state index < -0.39 is 11.0 Å². The number of nitro benzene ring substituents is 1. The van der Waals surface area contributed by atoms with E-state index in [1.165, 1.54) is 12.1 Å². The van der Waals surface area contributed by atoms with Gasteiger partial charge >= 0.3 is 0 Å². The topological polar surface area (TPSA) is 83.7 Å². The van der Waals surface area contributed by atoms with Gasteiger partial charge in [-0.15, -0.1) is 0 Å². The molecule has 0 aliphatic heterocycles. The Morgan fingerprint density at radius 3 is 2.68 bits per heavy atom. The Morgan fingerprint density at radius 2 is 2.09 bits per heavy atom. The summed E-state index contributed by atoms with van der Waals surface area (Å²) in [5.41, 5.74) is 0.809. The predicted octanol–water partition coefficient (Wildman–Crippen LogP) is 2.25. The fraction of sp³-hybridized carbons (Fsp3) is 0.562. The number of rotatable bonds is 5. The number of carbonyl (C=O) groups is 1. The maximum Gasteiger partial charge on any atom is 0.269 e. The predicted molar refractivity (Wildman–Crippen MR) is 80.0 cm³/mol. The van der Waals surface area contributed by atoms with Crippen LogP contribution >= 0.6 is 0 Å². The Kier molecular flexibility index (Phi) is 4.11. The Balaban J connectivity index is 1.76. The number of aliphatic hydroxyl groups is 1. The summed E-state index contributed by atoms with van der Waals surface area (Å²) >= 11 is 0. The minimum atomic E-state index is -0.543. The molecule has 22 heavy (non-hydrogen) atoms. The Hall–Kier alpha value is -1.95. The van der Waals surface area contributed by atoms with Gasteiger partial charge < -0.3 is 10.0 Å². The third kappa shape index (κ3) is 3.11. The molecule has 6 heteroatoms. The number of carbonyl (C=O) groups excluding carboxylic acids is 1. The first-order valence-electron chi connectivity index (χ1n) is 7.78. The van der Waals surface area contributed by atoms with Crippen LogP contribution in [0.15, 0.2) is 24.3 Å². The number of amides is 1. The SMILES string of the molecule is O=C(C1CCCC1O)N(Cc1cccc([N+](=O)[O-])c1)C1CC1. The molecule has 1 aromatic rings. The van der Waals surface area contributed by atoms with E-state index >= 15 is 0 Å². The molecule has 0 bridgehead atoms. The Bertz CT molecular complexity index is 585. The standard InChI is InChI=1S/C16H20N2O4/c19-15-6-2-5-14(15)16(20)17(12-7-8-12)10-11-3-1-4-13(9-11)18(21)22/h1,3-4,9,12,14-15,19H,2,5-8,10H2. The quantitative estimate of drug-likeness (QED) is 0.668. The molecule has 2 aliphatic carbocycles. The van der Waals surface area contributed by atoms with Gasteiger partial charge in [-0.3, -0.25) is 14.9 Å². The molecule has 3 rings (SSSR count). The van der Waals surface area contributed by atoms with Crippen LogP contribution < -0.4 is 0 Å². The molecule has 0 radical (unpaired) electrons. The lowest BCUT2D eigenvalue weighted by molar-refractivity contribution is -0.384. The van der Waals surface area contributed by atoms with Crippen molar-refractivity contribution in [1.29, 1.82) is 0 Å². The third-order valence-electron chi connectivity index (χ3n) is 4.54. The van der Waals surface area contributed by atoms with E-state index in [1.807, 2.05) is 0 Å². The summed E-state index contributed by atoms with van der Waals surface area (Å²) in [6, 6.07) is 6.65. The second-order valence-corrected chi connectivity index (χ2v) is 6.23. The molecule has 2 saturated carbocycles. The second kappa shape index (κ2) is 6.04. The zero-order chi connectivity index (χ0) is 15.7. The monoisotopic (exact) mass is 304 g/mol. The van der Waals surface area contributed by atoms with Crippen LogP contribution in [0.2, 0.25) is 0 Å². The van der Waals surface area contributed by atoms with Crippen LogP contribution in [-0.2, 0) is 11.3 Å². The van der Waals surface area contributed by atoms with Gasteiger partial charge in [0.2, 0.25) is 5.91 Å². The fourth-order valence-electron chi connectivity index (χ4n) is 3.18. The first-order valence-corrected chi connectivity index (χ1v) is 7.78. The molecule has 1 amide bonds. The highest BCUT2D eigenvalue weighted by Gasteiger charge is 2.40. The zero-order valence-corrected chi connectivity index (χ0v) is 12.4. The summed E-state index contributed by atoms with van der Waals surface area (Å²) in [7, 11) is 0. The molecule has 0 aromatic heterocycles. The maximum atomic E-state index is 12.7. The van der Waals surface area contributed by atoms with E-state index in [0.29, 0.717) is 13.0 Å². The summed E-state index contributed by atoms with van der Waals surface area (Å²) in [5, 5.41) is 20.8. The van der Waals surface area contributed by atoms with Crippen molar-refractivity contribution < 1.29 is 14.8 Å². The van der Waals surface area contributed by atoms with Crippen LogP contribution in [-0.4, -0.2) is 33.0 Å². The van der Waals surface area contributed by atoms with Gasteiger partial charge in [0.05, 0.1) is 16.9 Å². The van der Waals surface area contributed by atoms with Crippen molar-refractivity contribution in [3.63, 3.8) is 0 Å². The van der Waals surface area contributed by atoms with Gasteiger partial charge in [-0.25, -0.2) is 0 Å². The highest BCUT2D eigenvalue weighted by Crippen LogP contribution is 2.34. The zero-order valence-electron chi connectivity index (χ0n) is 12.4. The number of hydrogen-bond acceptors (Lipinski definition) is 4. The van der Waals surface area contributed by atoms with Crippen LogP contribution in [0, 0.1) is 16.0 Å². The van der Waals surface area contributed by atoms with Crippen LogP contribution in [0.1, 0.15) is 37.7 Å².